The molecule has 0 aromatic carbocycles. The van der Waals surface area contributed by atoms with Gasteiger partial charge in [-0.25, -0.2) is 14.9 Å². The fourth-order valence-electron chi connectivity index (χ4n) is 4.13. The Labute approximate surface area is 184 Å². The van der Waals surface area contributed by atoms with Crippen molar-refractivity contribution in [2.75, 3.05) is 18.6 Å². The lowest BCUT2D eigenvalue weighted by Crippen LogP contribution is -2.33. The summed E-state index contributed by atoms with van der Waals surface area (Å²) < 4.78 is 22.8. The molecular weight excluding hydrogens is 441 g/mol. The maximum atomic E-state index is 11.2. The molecule has 32 heavy (non-hydrogen) atoms. The van der Waals surface area contributed by atoms with Crippen molar-refractivity contribution in [2.24, 2.45) is 0 Å². The van der Waals surface area contributed by atoms with Gasteiger partial charge in [0.05, 0.1) is 5.39 Å². The molecule has 3 heterocycles. The number of fused-ring (bicyclic) bond motifs is 1. The van der Waals surface area contributed by atoms with Crippen molar-refractivity contribution in [3.8, 4) is 6.07 Å². The average Bonchev–Trinajstić information content (AvgIpc) is 3.30. The number of aromatic nitrogens is 3. The number of rotatable bonds is 7. The van der Waals surface area contributed by atoms with Crippen LogP contribution in [0.2, 0.25) is 0 Å². The maximum Gasteiger partial charge on any atom is 0.352 e. The van der Waals surface area contributed by atoms with Crippen LogP contribution in [-0.4, -0.2) is 67.3 Å². The highest BCUT2D eigenvalue weighted by Crippen LogP contribution is 2.38. The Hall–Kier alpha value is -2.10. The number of aliphatic hydroxyl groups is 2. The molecule has 1 unspecified atom stereocenters. The van der Waals surface area contributed by atoms with Gasteiger partial charge in [0, 0.05) is 18.9 Å². The Morgan fingerprint density at radius 1 is 1.31 bits per heavy atom. The topological polar surface area (TPSA) is 172 Å². The van der Waals surface area contributed by atoms with Gasteiger partial charge in [0.25, 0.3) is 0 Å². The predicted molar refractivity (Wildman–Crippen MR) is 111 cm³/mol. The number of nitrogens with one attached hydrogen (secondary N) is 1. The third-order valence-electron chi connectivity index (χ3n) is 5.65. The number of nitriles is 1. The standard InChI is InChI=1S/C19H26N5O7P/c1-32(27,28)31-29-10-13-15(25)16(26)19(30-13)24-8-7-12-17(21-11-5-3-2-4-6-11)22-14(9-20)23-18(12)24/h7-8,11,13,15-16,19,25-26H,2-6,10H2,1H3,(H,27,28)(H,21,22,23)/t13-,15-,16-,19-/m1/s1. The summed E-state index contributed by atoms with van der Waals surface area (Å²) in [5, 5.41) is 34.4. The molecule has 12 nitrogen and oxygen atoms in total. The molecule has 0 radical (unpaired) electrons. The molecule has 1 saturated carbocycles. The van der Waals surface area contributed by atoms with Crippen molar-refractivity contribution in [1.82, 2.24) is 14.5 Å². The van der Waals surface area contributed by atoms with Crippen LogP contribution in [-0.2, 0) is 18.9 Å². The molecule has 174 valence electrons. The fraction of sp³-hybridized carbons (Fsp3) is 0.632. The van der Waals surface area contributed by atoms with Gasteiger partial charge in [0.1, 0.15) is 42.5 Å². The van der Waals surface area contributed by atoms with E-state index in [0.717, 1.165) is 32.3 Å². The van der Waals surface area contributed by atoms with E-state index >= 15 is 0 Å². The summed E-state index contributed by atoms with van der Waals surface area (Å²) in [7, 11) is -3.87. The summed E-state index contributed by atoms with van der Waals surface area (Å²) in [5.74, 6) is 0.513. The van der Waals surface area contributed by atoms with E-state index in [4.69, 9.17) is 14.5 Å². The zero-order chi connectivity index (χ0) is 22.9. The highest BCUT2D eigenvalue weighted by molar-refractivity contribution is 7.51. The number of hydrogen-bond donors (Lipinski definition) is 4. The highest BCUT2D eigenvalue weighted by Gasteiger charge is 2.44. The van der Waals surface area contributed by atoms with Crippen LogP contribution in [0.15, 0.2) is 12.3 Å². The minimum Gasteiger partial charge on any atom is -0.387 e. The molecular formula is C19H26N5O7P. The lowest BCUT2D eigenvalue weighted by atomic mass is 9.95. The van der Waals surface area contributed by atoms with E-state index in [0.29, 0.717) is 16.9 Å². The predicted octanol–water partition coefficient (Wildman–Crippen LogP) is 1.43. The van der Waals surface area contributed by atoms with E-state index < -0.39 is 32.1 Å². The van der Waals surface area contributed by atoms with Crippen molar-refractivity contribution >= 4 is 24.4 Å². The first-order valence-corrected chi connectivity index (χ1v) is 12.5. The Morgan fingerprint density at radius 2 is 2.06 bits per heavy atom. The van der Waals surface area contributed by atoms with Gasteiger partial charge in [-0.15, -0.1) is 4.67 Å². The van der Waals surface area contributed by atoms with Crippen LogP contribution in [0.25, 0.3) is 11.0 Å². The normalized spacial score (nSPS) is 28.5. The van der Waals surface area contributed by atoms with Gasteiger partial charge in [-0.1, -0.05) is 19.3 Å². The molecule has 5 atom stereocenters. The molecule has 2 fully saturated rings. The van der Waals surface area contributed by atoms with Crippen LogP contribution in [0, 0.1) is 11.3 Å². The Kier molecular flexibility index (Phi) is 6.78. The van der Waals surface area contributed by atoms with Gasteiger partial charge < -0.3 is 29.7 Å². The van der Waals surface area contributed by atoms with Crippen LogP contribution in [0.1, 0.15) is 44.2 Å². The first-order chi connectivity index (χ1) is 15.3. The summed E-state index contributed by atoms with van der Waals surface area (Å²) in [6, 6.07) is 3.98. The number of ether oxygens (including phenoxy) is 1. The average molecular weight is 467 g/mol. The van der Waals surface area contributed by atoms with Gasteiger partial charge in [-0.3, -0.25) is 4.57 Å². The summed E-state index contributed by atoms with van der Waals surface area (Å²) in [6.07, 6.45) is 2.44. The molecule has 0 spiro atoms. The van der Waals surface area contributed by atoms with Crippen LogP contribution >= 0.6 is 7.60 Å². The zero-order valence-electron chi connectivity index (χ0n) is 17.5. The van der Waals surface area contributed by atoms with Crippen LogP contribution in [0.5, 0.6) is 0 Å². The lowest BCUT2D eigenvalue weighted by Gasteiger charge is -2.23. The van der Waals surface area contributed by atoms with Crippen molar-refractivity contribution < 1.29 is 34.0 Å². The summed E-state index contributed by atoms with van der Waals surface area (Å²) >= 11 is 0. The second kappa shape index (κ2) is 9.41. The third kappa shape index (κ3) is 4.94. The highest BCUT2D eigenvalue weighted by atomic mass is 31.2. The monoisotopic (exact) mass is 467 g/mol. The molecule has 0 bridgehead atoms. The number of anilines is 1. The van der Waals surface area contributed by atoms with E-state index in [2.05, 4.69) is 20.0 Å². The molecule has 1 aliphatic heterocycles. The summed E-state index contributed by atoms with van der Waals surface area (Å²) in [5.41, 5.74) is 0.373. The molecule has 2 aliphatic rings. The first-order valence-electron chi connectivity index (χ1n) is 10.4. The molecule has 2 aromatic rings. The smallest absolute Gasteiger partial charge is 0.352 e. The minimum absolute atomic E-state index is 0.0290. The van der Waals surface area contributed by atoms with Gasteiger partial charge in [-0.2, -0.15) is 5.26 Å². The van der Waals surface area contributed by atoms with Gasteiger partial charge in [-0.05, 0) is 18.9 Å². The molecule has 4 rings (SSSR count). The molecule has 1 aliphatic carbocycles. The Bertz CT molecular complexity index is 1040. The third-order valence-corrected chi connectivity index (χ3v) is 6.03. The summed E-state index contributed by atoms with van der Waals surface area (Å²) in [6.45, 7) is 0.577. The van der Waals surface area contributed by atoms with E-state index in [9.17, 15) is 20.0 Å². The van der Waals surface area contributed by atoms with Crippen LogP contribution < -0.4 is 5.32 Å². The van der Waals surface area contributed by atoms with Gasteiger partial charge in [0.2, 0.25) is 5.82 Å². The molecule has 13 heteroatoms. The van der Waals surface area contributed by atoms with Crippen molar-refractivity contribution in [2.45, 2.75) is 62.7 Å². The van der Waals surface area contributed by atoms with E-state index in [1.807, 2.05) is 6.07 Å². The maximum absolute atomic E-state index is 11.2. The molecule has 0 amide bonds. The second-order valence-corrected chi connectivity index (χ2v) is 9.91. The van der Waals surface area contributed by atoms with Crippen LogP contribution in [0.3, 0.4) is 0 Å². The van der Waals surface area contributed by atoms with Crippen molar-refractivity contribution in [1.29, 1.82) is 5.26 Å². The second-order valence-electron chi connectivity index (χ2n) is 8.16. The minimum atomic E-state index is -3.87. The summed E-state index contributed by atoms with van der Waals surface area (Å²) in [4.78, 5) is 22.4. The van der Waals surface area contributed by atoms with E-state index in [-0.39, 0.29) is 18.5 Å². The zero-order valence-corrected chi connectivity index (χ0v) is 18.4. The Balaban J connectivity index is 1.58. The van der Waals surface area contributed by atoms with E-state index in [1.165, 1.54) is 11.0 Å². The van der Waals surface area contributed by atoms with Crippen LogP contribution in [0.4, 0.5) is 5.82 Å². The number of nitrogens with zero attached hydrogens (tertiary/aromatic N) is 4. The number of aliphatic hydroxyl groups excluding tert-OH is 2. The Morgan fingerprint density at radius 3 is 2.75 bits per heavy atom. The molecule has 1 saturated heterocycles. The first kappa shape index (κ1) is 23.1. The quantitative estimate of drug-likeness (QED) is 0.264. The molecule has 2 aromatic heterocycles. The van der Waals surface area contributed by atoms with E-state index in [1.54, 1.807) is 12.3 Å². The SMILES string of the molecule is CP(=O)(O)OOC[C@H]1O[C@@H](n2ccc3c(NC4CCCCC4)nc(C#N)nc32)[C@H](O)[C@@H]1O. The number of hydrogen-bond acceptors (Lipinski definition) is 10. The largest absolute Gasteiger partial charge is 0.387 e. The van der Waals surface area contributed by atoms with Crippen molar-refractivity contribution in [3.05, 3.63) is 18.1 Å². The van der Waals surface area contributed by atoms with Crippen molar-refractivity contribution in [3.63, 3.8) is 0 Å². The fourth-order valence-corrected chi connectivity index (χ4v) is 4.39. The lowest BCUT2D eigenvalue weighted by molar-refractivity contribution is -0.238. The molecule has 4 N–H and O–H groups in total. The van der Waals surface area contributed by atoms with Gasteiger partial charge in [0.15, 0.2) is 6.23 Å². The van der Waals surface area contributed by atoms with Gasteiger partial charge >= 0.3 is 7.60 Å².